The average molecular weight is 318 g/mol. The first-order chi connectivity index (χ1) is 8.56. The zero-order valence-electron chi connectivity index (χ0n) is 10.1. The monoisotopic (exact) mass is 317 g/mol. The summed E-state index contributed by atoms with van der Waals surface area (Å²) >= 11 is 3.24. The van der Waals surface area contributed by atoms with Crippen molar-refractivity contribution >= 4 is 27.3 Å². The van der Waals surface area contributed by atoms with E-state index < -0.39 is 4.92 Å². The van der Waals surface area contributed by atoms with Crippen LogP contribution >= 0.6 is 15.9 Å². The lowest BCUT2D eigenvalue weighted by molar-refractivity contribution is -0.384. The maximum atomic E-state index is 10.8. The molecule has 0 aliphatic heterocycles. The Balaban J connectivity index is 2.59. The number of nitrogens with one attached hydrogen (secondary N) is 1. The van der Waals surface area contributed by atoms with Gasteiger partial charge in [0.2, 0.25) is 0 Å². The van der Waals surface area contributed by atoms with Crippen LogP contribution in [-0.2, 0) is 0 Å². The summed E-state index contributed by atoms with van der Waals surface area (Å²) in [6.07, 6.45) is 4.46. The van der Waals surface area contributed by atoms with Gasteiger partial charge in [-0.1, -0.05) is 6.92 Å². The lowest BCUT2D eigenvalue weighted by atomic mass is 10.1. The van der Waals surface area contributed by atoms with E-state index in [1.165, 1.54) is 12.4 Å². The topological polar surface area (TPSA) is 88.3 Å². The van der Waals surface area contributed by atoms with Gasteiger partial charge in [0.05, 0.1) is 9.40 Å². The molecule has 1 rings (SSSR count). The number of rotatable bonds is 7. The van der Waals surface area contributed by atoms with Gasteiger partial charge in [-0.15, -0.1) is 0 Å². The summed E-state index contributed by atoms with van der Waals surface area (Å²) in [7, 11) is 0. The van der Waals surface area contributed by atoms with E-state index in [1.54, 1.807) is 0 Å². The van der Waals surface area contributed by atoms with Crippen LogP contribution in [0.5, 0.6) is 0 Å². The first kappa shape index (κ1) is 14.8. The lowest BCUT2D eigenvalue weighted by Crippen LogP contribution is -2.08. The van der Waals surface area contributed by atoms with Crippen molar-refractivity contribution in [3.63, 3.8) is 0 Å². The number of anilines is 1. The molecule has 100 valence electrons. The highest BCUT2D eigenvalue weighted by molar-refractivity contribution is 9.10. The molecule has 0 aromatic carbocycles. The van der Waals surface area contributed by atoms with Crippen LogP contribution in [0.3, 0.4) is 0 Å². The van der Waals surface area contributed by atoms with Gasteiger partial charge in [0.25, 0.3) is 0 Å². The molecule has 0 bridgehead atoms. The first-order valence-corrected chi connectivity index (χ1v) is 6.48. The predicted octanol–water partition coefficient (Wildman–Crippen LogP) is 2.57. The molecule has 1 atom stereocenters. The van der Waals surface area contributed by atoms with Gasteiger partial charge in [-0.25, -0.2) is 0 Å². The molecule has 0 spiro atoms. The molecule has 1 heterocycles. The Labute approximate surface area is 114 Å². The Hall–Kier alpha value is -1.21. The lowest BCUT2D eigenvalue weighted by Gasteiger charge is -2.10. The van der Waals surface area contributed by atoms with E-state index >= 15 is 0 Å². The second-order valence-electron chi connectivity index (χ2n) is 4.13. The number of aliphatic hydroxyl groups excluding tert-OH is 1. The number of halogens is 1. The van der Waals surface area contributed by atoms with Crippen molar-refractivity contribution in [1.29, 1.82) is 0 Å². The molecule has 7 heteroatoms. The van der Waals surface area contributed by atoms with E-state index in [-0.39, 0.29) is 18.2 Å². The number of nitro groups is 1. The molecule has 1 unspecified atom stereocenters. The van der Waals surface area contributed by atoms with Crippen LogP contribution in [0.25, 0.3) is 0 Å². The first-order valence-electron chi connectivity index (χ1n) is 5.69. The number of hydrogen-bond acceptors (Lipinski definition) is 5. The summed E-state index contributed by atoms with van der Waals surface area (Å²) in [5.74, 6) is 0.252. The molecule has 0 radical (unpaired) electrons. The van der Waals surface area contributed by atoms with Crippen molar-refractivity contribution in [3.05, 3.63) is 27.0 Å². The van der Waals surface area contributed by atoms with Gasteiger partial charge in [0.1, 0.15) is 11.9 Å². The van der Waals surface area contributed by atoms with Crippen molar-refractivity contribution in [2.75, 3.05) is 18.5 Å². The molecule has 1 aromatic heterocycles. The summed E-state index contributed by atoms with van der Waals surface area (Å²) in [6.45, 7) is 2.75. The van der Waals surface area contributed by atoms with Crippen molar-refractivity contribution in [3.8, 4) is 0 Å². The zero-order valence-corrected chi connectivity index (χ0v) is 11.7. The maximum absolute atomic E-state index is 10.8. The normalized spacial score (nSPS) is 12.2. The molecule has 0 aliphatic rings. The standard InChI is InChI=1S/C11H16BrN3O3/c1-8(7-16)3-2-4-14-11-9(12)5-13-6-10(11)15(17)18/h5-6,8,16H,2-4,7H2,1H3,(H,13,14). The molecule has 0 amide bonds. The van der Waals surface area contributed by atoms with Crippen LogP contribution in [0.4, 0.5) is 11.4 Å². The average Bonchev–Trinajstić information content (AvgIpc) is 2.35. The van der Waals surface area contributed by atoms with Crippen molar-refractivity contribution in [1.82, 2.24) is 4.98 Å². The summed E-state index contributed by atoms with van der Waals surface area (Å²) < 4.78 is 0.576. The van der Waals surface area contributed by atoms with E-state index in [4.69, 9.17) is 5.11 Å². The summed E-state index contributed by atoms with van der Waals surface area (Å²) in [5.41, 5.74) is 0.409. The fourth-order valence-corrected chi connectivity index (χ4v) is 1.95. The predicted molar refractivity (Wildman–Crippen MR) is 72.6 cm³/mol. The Morgan fingerprint density at radius 1 is 1.61 bits per heavy atom. The highest BCUT2D eigenvalue weighted by atomic mass is 79.9. The maximum Gasteiger partial charge on any atom is 0.311 e. The van der Waals surface area contributed by atoms with Crippen LogP contribution in [0.15, 0.2) is 16.9 Å². The molecule has 0 fully saturated rings. The fraction of sp³-hybridized carbons (Fsp3) is 0.545. The van der Waals surface area contributed by atoms with Gasteiger partial charge < -0.3 is 10.4 Å². The zero-order chi connectivity index (χ0) is 13.5. The SMILES string of the molecule is CC(CO)CCCNc1c(Br)cncc1[N+](=O)[O-]. The van der Waals surface area contributed by atoms with Gasteiger partial charge in [-0.05, 0) is 34.7 Å². The summed E-state index contributed by atoms with van der Waals surface area (Å²) in [6, 6.07) is 0. The molecular formula is C11H16BrN3O3. The smallest absolute Gasteiger partial charge is 0.311 e. The van der Waals surface area contributed by atoms with Crippen LogP contribution in [0.1, 0.15) is 19.8 Å². The van der Waals surface area contributed by atoms with Gasteiger partial charge in [0, 0.05) is 19.3 Å². The number of aromatic nitrogens is 1. The second kappa shape index (κ2) is 7.27. The van der Waals surface area contributed by atoms with Gasteiger partial charge in [-0.3, -0.25) is 15.1 Å². The molecular weight excluding hydrogens is 302 g/mol. The van der Waals surface area contributed by atoms with Crippen LogP contribution in [0.2, 0.25) is 0 Å². The van der Waals surface area contributed by atoms with E-state index in [0.717, 1.165) is 12.8 Å². The molecule has 0 saturated heterocycles. The van der Waals surface area contributed by atoms with Crippen LogP contribution in [-0.4, -0.2) is 28.2 Å². The van der Waals surface area contributed by atoms with Gasteiger partial charge in [-0.2, -0.15) is 0 Å². The molecule has 0 saturated carbocycles. The second-order valence-corrected chi connectivity index (χ2v) is 4.98. The molecule has 2 N–H and O–H groups in total. The number of nitrogens with zero attached hydrogens (tertiary/aromatic N) is 2. The fourth-order valence-electron chi connectivity index (χ4n) is 1.49. The Kier molecular flexibility index (Phi) is 6.00. The minimum absolute atomic E-state index is 0.0421. The van der Waals surface area contributed by atoms with Crippen molar-refractivity contribution < 1.29 is 10.0 Å². The Bertz CT molecular complexity index is 415. The van der Waals surface area contributed by atoms with E-state index in [2.05, 4.69) is 26.2 Å². The van der Waals surface area contributed by atoms with Gasteiger partial charge in [0.15, 0.2) is 0 Å². The Morgan fingerprint density at radius 2 is 2.33 bits per heavy atom. The van der Waals surface area contributed by atoms with E-state index in [0.29, 0.717) is 16.7 Å². The quantitative estimate of drug-likeness (QED) is 0.458. The van der Waals surface area contributed by atoms with Crippen molar-refractivity contribution in [2.24, 2.45) is 5.92 Å². The summed E-state index contributed by atoms with van der Waals surface area (Å²) in [5, 5.41) is 22.8. The third-order valence-corrected chi connectivity index (χ3v) is 3.16. The summed E-state index contributed by atoms with van der Waals surface area (Å²) in [4.78, 5) is 14.1. The number of pyridine rings is 1. The third-order valence-electron chi connectivity index (χ3n) is 2.56. The van der Waals surface area contributed by atoms with E-state index in [9.17, 15) is 10.1 Å². The minimum atomic E-state index is -0.462. The highest BCUT2D eigenvalue weighted by Gasteiger charge is 2.16. The van der Waals surface area contributed by atoms with Gasteiger partial charge >= 0.3 is 5.69 Å². The van der Waals surface area contributed by atoms with Crippen molar-refractivity contribution in [2.45, 2.75) is 19.8 Å². The Morgan fingerprint density at radius 3 is 2.94 bits per heavy atom. The minimum Gasteiger partial charge on any atom is -0.396 e. The molecule has 0 aliphatic carbocycles. The molecule has 18 heavy (non-hydrogen) atoms. The molecule has 6 nitrogen and oxygen atoms in total. The number of aliphatic hydroxyl groups is 1. The van der Waals surface area contributed by atoms with Crippen LogP contribution in [0, 0.1) is 16.0 Å². The largest absolute Gasteiger partial charge is 0.396 e. The highest BCUT2D eigenvalue weighted by Crippen LogP contribution is 2.30. The van der Waals surface area contributed by atoms with E-state index in [1.807, 2.05) is 6.92 Å². The van der Waals surface area contributed by atoms with Crippen LogP contribution < -0.4 is 5.32 Å². The molecule has 1 aromatic rings. The third kappa shape index (κ3) is 4.23. The number of hydrogen-bond donors (Lipinski definition) is 2.